The third-order valence-electron chi connectivity index (χ3n) is 2.88. The van der Waals surface area contributed by atoms with Crippen LogP contribution in [0.4, 0.5) is 11.9 Å². The molecule has 0 amide bonds. The fourth-order valence-corrected chi connectivity index (χ4v) is 2.66. The fourth-order valence-electron chi connectivity index (χ4n) is 1.95. The number of aromatic nitrogens is 3. The van der Waals surface area contributed by atoms with E-state index in [1.807, 2.05) is 0 Å². The molecule has 1 N–H and O–H groups in total. The van der Waals surface area contributed by atoms with E-state index in [1.54, 1.807) is 6.26 Å². The van der Waals surface area contributed by atoms with Crippen LogP contribution in [-0.2, 0) is 10.8 Å². The van der Waals surface area contributed by atoms with Crippen LogP contribution in [0.3, 0.4) is 0 Å². The Balaban J connectivity index is 1.94. The maximum absolute atomic E-state index is 11.0. The SMILES string of the molecule is CS(=O)CCCNc1nc(Cl)nc(N2CCCC2)n1. The smallest absolute Gasteiger partial charge is 0.231 e. The molecule has 19 heavy (non-hydrogen) atoms. The van der Waals surface area contributed by atoms with Gasteiger partial charge in [-0.15, -0.1) is 0 Å². The zero-order valence-electron chi connectivity index (χ0n) is 10.9. The van der Waals surface area contributed by atoms with Crippen LogP contribution in [0.15, 0.2) is 0 Å². The summed E-state index contributed by atoms with van der Waals surface area (Å²) < 4.78 is 11.0. The molecule has 1 aromatic heterocycles. The molecule has 1 fully saturated rings. The van der Waals surface area contributed by atoms with Crippen LogP contribution in [0.1, 0.15) is 19.3 Å². The first-order chi connectivity index (χ1) is 9.15. The van der Waals surface area contributed by atoms with Crippen LogP contribution in [0.25, 0.3) is 0 Å². The van der Waals surface area contributed by atoms with Gasteiger partial charge in [0.1, 0.15) is 0 Å². The summed E-state index contributed by atoms with van der Waals surface area (Å²) in [5.41, 5.74) is 0. The Labute approximate surface area is 120 Å². The van der Waals surface area contributed by atoms with Gasteiger partial charge in [0.25, 0.3) is 0 Å². The van der Waals surface area contributed by atoms with E-state index in [4.69, 9.17) is 11.6 Å². The molecule has 8 heteroatoms. The van der Waals surface area contributed by atoms with Crippen molar-refractivity contribution in [2.45, 2.75) is 19.3 Å². The minimum absolute atomic E-state index is 0.207. The first kappa shape index (κ1) is 14.5. The minimum Gasteiger partial charge on any atom is -0.354 e. The van der Waals surface area contributed by atoms with Gasteiger partial charge in [-0.05, 0) is 30.9 Å². The molecule has 1 saturated heterocycles. The lowest BCUT2D eigenvalue weighted by Crippen LogP contribution is -2.21. The van der Waals surface area contributed by atoms with Gasteiger partial charge in [0, 0.05) is 42.4 Å². The molecule has 0 spiro atoms. The second-order valence-corrected chi connectivity index (χ2v) is 6.37. The summed E-state index contributed by atoms with van der Waals surface area (Å²) in [4.78, 5) is 14.7. The van der Waals surface area contributed by atoms with Crippen LogP contribution in [0.2, 0.25) is 5.28 Å². The lowest BCUT2D eigenvalue weighted by atomic mass is 10.4. The summed E-state index contributed by atoms with van der Waals surface area (Å²) in [5.74, 6) is 1.80. The van der Waals surface area contributed by atoms with Crippen molar-refractivity contribution in [3.63, 3.8) is 0 Å². The molecular formula is C11H18ClN5OS. The Bertz CT molecular complexity index is 453. The van der Waals surface area contributed by atoms with E-state index in [9.17, 15) is 4.21 Å². The van der Waals surface area contributed by atoms with Crippen LogP contribution < -0.4 is 10.2 Å². The summed E-state index contributed by atoms with van der Waals surface area (Å²) in [5, 5.41) is 3.30. The van der Waals surface area contributed by atoms with E-state index < -0.39 is 10.8 Å². The highest BCUT2D eigenvalue weighted by Gasteiger charge is 2.16. The molecule has 106 valence electrons. The van der Waals surface area contributed by atoms with E-state index in [0.29, 0.717) is 24.2 Å². The molecular weight excluding hydrogens is 286 g/mol. The van der Waals surface area contributed by atoms with Crippen LogP contribution in [0, 0.1) is 0 Å². The van der Waals surface area contributed by atoms with Gasteiger partial charge in [-0.2, -0.15) is 15.0 Å². The van der Waals surface area contributed by atoms with Gasteiger partial charge in [0.05, 0.1) is 0 Å². The number of nitrogens with one attached hydrogen (secondary N) is 1. The molecule has 1 aliphatic heterocycles. The highest BCUT2D eigenvalue weighted by atomic mass is 35.5. The van der Waals surface area contributed by atoms with Crippen molar-refractivity contribution in [1.29, 1.82) is 0 Å². The van der Waals surface area contributed by atoms with E-state index in [0.717, 1.165) is 32.4 Å². The highest BCUT2D eigenvalue weighted by Crippen LogP contribution is 2.18. The molecule has 6 nitrogen and oxygen atoms in total. The Morgan fingerprint density at radius 2 is 2.05 bits per heavy atom. The average molecular weight is 304 g/mol. The lowest BCUT2D eigenvalue weighted by Gasteiger charge is -2.15. The molecule has 2 heterocycles. The fraction of sp³-hybridized carbons (Fsp3) is 0.727. The van der Waals surface area contributed by atoms with Crippen molar-refractivity contribution in [3.8, 4) is 0 Å². The number of anilines is 2. The molecule has 0 bridgehead atoms. The molecule has 0 aromatic carbocycles. The zero-order valence-corrected chi connectivity index (χ0v) is 12.5. The maximum Gasteiger partial charge on any atom is 0.231 e. The third-order valence-corrected chi connectivity index (χ3v) is 3.91. The van der Waals surface area contributed by atoms with Crippen LogP contribution >= 0.6 is 11.6 Å². The molecule has 2 rings (SSSR count). The largest absolute Gasteiger partial charge is 0.354 e. The van der Waals surface area contributed by atoms with Gasteiger partial charge in [-0.1, -0.05) is 0 Å². The van der Waals surface area contributed by atoms with E-state index in [2.05, 4.69) is 25.2 Å². The summed E-state index contributed by atoms with van der Waals surface area (Å²) in [6.45, 7) is 2.61. The molecule has 1 unspecified atom stereocenters. The number of hydrogen-bond acceptors (Lipinski definition) is 6. The van der Waals surface area contributed by atoms with Gasteiger partial charge in [0.2, 0.25) is 17.2 Å². The summed E-state index contributed by atoms with van der Waals surface area (Å²) in [7, 11) is -0.762. The van der Waals surface area contributed by atoms with Crippen molar-refractivity contribution in [2.24, 2.45) is 0 Å². The Morgan fingerprint density at radius 1 is 1.32 bits per heavy atom. The third kappa shape index (κ3) is 4.58. The second-order valence-electron chi connectivity index (χ2n) is 4.48. The Morgan fingerprint density at radius 3 is 2.74 bits per heavy atom. The van der Waals surface area contributed by atoms with Crippen LogP contribution in [0.5, 0.6) is 0 Å². The zero-order chi connectivity index (χ0) is 13.7. The number of rotatable bonds is 6. The predicted octanol–water partition coefficient (Wildman–Crippen LogP) is 1.31. The molecule has 0 radical (unpaired) electrons. The summed E-state index contributed by atoms with van der Waals surface area (Å²) in [6, 6.07) is 0. The monoisotopic (exact) mass is 303 g/mol. The number of nitrogens with zero attached hydrogens (tertiary/aromatic N) is 4. The summed E-state index contributed by atoms with van der Waals surface area (Å²) in [6.07, 6.45) is 4.83. The van der Waals surface area contributed by atoms with Gasteiger partial charge in [0.15, 0.2) is 0 Å². The van der Waals surface area contributed by atoms with E-state index in [1.165, 1.54) is 0 Å². The number of hydrogen-bond donors (Lipinski definition) is 1. The van der Waals surface area contributed by atoms with Gasteiger partial charge >= 0.3 is 0 Å². The van der Waals surface area contributed by atoms with Crippen molar-refractivity contribution in [3.05, 3.63) is 5.28 Å². The molecule has 1 aliphatic rings. The molecule has 1 aromatic rings. The lowest BCUT2D eigenvalue weighted by molar-refractivity contribution is 0.685. The predicted molar refractivity (Wildman–Crippen MR) is 78.3 cm³/mol. The van der Waals surface area contributed by atoms with Crippen molar-refractivity contribution in [2.75, 3.05) is 41.9 Å². The Hall–Kier alpha value is -0.950. The molecule has 1 atom stereocenters. The molecule has 0 saturated carbocycles. The highest BCUT2D eigenvalue weighted by molar-refractivity contribution is 7.84. The Kier molecular flexibility index (Phi) is 5.33. The molecule has 0 aliphatic carbocycles. The van der Waals surface area contributed by atoms with Crippen molar-refractivity contribution in [1.82, 2.24) is 15.0 Å². The number of halogens is 1. The normalized spacial score (nSPS) is 16.6. The van der Waals surface area contributed by atoms with Gasteiger partial charge in [-0.25, -0.2) is 0 Å². The van der Waals surface area contributed by atoms with Crippen molar-refractivity contribution < 1.29 is 4.21 Å². The van der Waals surface area contributed by atoms with Crippen LogP contribution in [-0.4, -0.2) is 50.8 Å². The van der Waals surface area contributed by atoms with Crippen molar-refractivity contribution >= 4 is 34.3 Å². The standard InChI is InChI=1S/C11H18ClN5OS/c1-19(18)8-4-5-13-10-14-9(12)15-11(16-10)17-6-2-3-7-17/h2-8H2,1H3,(H,13,14,15,16). The topological polar surface area (TPSA) is 71.0 Å². The maximum atomic E-state index is 11.0. The van der Waals surface area contributed by atoms with E-state index >= 15 is 0 Å². The van der Waals surface area contributed by atoms with E-state index in [-0.39, 0.29) is 5.28 Å². The van der Waals surface area contributed by atoms with Gasteiger partial charge in [-0.3, -0.25) is 4.21 Å². The first-order valence-corrected chi connectivity index (χ1v) is 8.46. The first-order valence-electron chi connectivity index (χ1n) is 6.35. The minimum atomic E-state index is -0.762. The average Bonchev–Trinajstić information content (AvgIpc) is 2.87. The summed E-state index contributed by atoms with van der Waals surface area (Å²) >= 11 is 5.91. The quantitative estimate of drug-likeness (QED) is 0.799. The second kappa shape index (κ2) is 7.00. The van der Waals surface area contributed by atoms with Gasteiger partial charge < -0.3 is 10.2 Å².